The van der Waals surface area contributed by atoms with Crippen LogP contribution < -0.4 is 11.5 Å². The third-order valence-electron chi connectivity index (χ3n) is 1.98. The summed E-state index contributed by atoms with van der Waals surface area (Å²) >= 11 is 0. The molecule has 0 aliphatic rings. The molecule has 0 unspecified atom stereocenters. The van der Waals surface area contributed by atoms with Crippen LogP contribution in [0.4, 0.5) is 0 Å². The summed E-state index contributed by atoms with van der Waals surface area (Å²) in [4.78, 5) is 0. The van der Waals surface area contributed by atoms with Crippen molar-refractivity contribution in [1.29, 1.82) is 0 Å². The molecule has 0 radical (unpaired) electrons. The number of benzene rings is 1. The Kier molecular flexibility index (Phi) is 4.36. The van der Waals surface area contributed by atoms with E-state index in [0.717, 1.165) is 6.42 Å². The van der Waals surface area contributed by atoms with E-state index in [1.54, 1.807) is 0 Å². The summed E-state index contributed by atoms with van der Waals surface area (Å²) in [5.41, 5.74) is 12.8. The maximum absolute atomic E-state index is 5.91. The van der Waals surface area contributed by atoms with E-state index in [1.807, 2.05) is 37.3 Å². The van der Waals surface area contributed by atoms with E-state index < -0.39 is 0 Å². The Labute approximate surface area is 85.6 Å². The molecule has 0 aliphatic carbocycles. The molecule has 2 heteroatoms. The molecule has 76 valence electrons. The van der Waals surface area contributed by atoms with Gasteiger partial charge in [0.25, 0.3) is 0 Å². The molecule has 0 fully saturated rings. The highest BCUT2D eigenvalue weighted by Gasteiger charge is 1.99. The fraction of sp³-hybridized carbons (Fsp3) is 0.333. The summed E-state index contributed by atoms with van der Waals surface area (Å²) in [5.74, 6) is 0. The van der Waals surface area contributed by atoms with Crippen molar-refractivity contribution in [3.8, 4) is 0 Å². The molecule has 0 saturated heterocycles. The maximum Gasteiger partial charge on any atom is 0.0265 e. The summed E-state index contributed by atoms with van der Waals surface area (Å²) in [6, 6.07) is 10.4. The van der Waals surface area contributed by atoms with Gasteiger partial charge in [0, 0.05) is 12.1 Å². The van der Waals surface area contributed by atoms with Gasteiger partial charge < -0.3 is 11.5 Å². The molecule has 4 N–H and O–H groups in total. The Morgan fingerprint density at radius 3 is 2.36 bits per heavy atom. The lowest BCUT2D eigenvalue weighted by atomic mass is 10.1. The SMILES string of the molecule is C[C@@H](N)/C=C/[C@H](N)Cc1ccccc1. The fourth-order valence-corrected chi connectivity index (χ4v) is 1.27. The van der Waals surface area contributed by atoms with Crippen molar-refractivity contribution in [3.63, 3.8) is 0 Å². The molecule has 0 saturated carbocycles. The van der Waals surface area contributed by atoms with Crippen molar-refractivity contribution >= 4 is 0 Å². The van der Waals surface area contributed by atoms with Crippen LogP contribution in [0.25, 0.3) is 0 Å². The second-order valence-electron chi connectivity index (χ2n) is 3.60. The van der Waals surface area contributed by atoms with Gasteiger partial charge in [0.1, 0.15) is 0 Å². The van der Waals surface area contributed by atoms with Gasteiger partial charge in [-0.15, -0.1) is 0 Å². The van der Waals surface area contributed by atoms with Crippen LogP contribution in [-0.2, 0) is 6.42 Å². The number of hydrogen-bond acceptors (Lipinski definition) is 2. The second kappa shape index (κ2) is 5.58. The minimum atomic E-state index is 0.0587. The van der Waals surface area contributed by atoms with Crippen LogP contribution in [0.5, 0.6) is 0 Å². The molecule has 0 aromatic heterocycles. The van der Waals surface area contributed by atoms with Crippen LogP contribution in [0.2, 0.25) is 0 Å². The first-order valence-corrected chi connectivity index (χ1v) is 4.92. The van der Waals surface area contributed by atoms with Crippen molar-refractivity contribution in [1.82, 2.24) is 0 Å². The van der Waals surface area contributed by atoms with Gasteiger partial charge in [-0.2, -0.15) is 0 Å². The number of nitrogens with two attached hydrogens (primary N) is 2. The third-order valence-corrected chi connectivity index (χ3v) is 1.98. The fourth-order valence-electron chi connectivity index (χ4n) is 1.27. The van der Waals surface area contributed by atoms with Crippen molar-refractivity contribution in [2.45, 2.75) is 25.4 Å². The standard InChI is InChI=1S/C12H18N2/c1-10(13)7-8-12(14)9-11-5-3-2-4-6-11/h2-8,10,12H,9,13-14H2,1H3/b8-7+/t10-,12+/m1/s1. The quantitative estimate of drug-likeness (QED) is 0.706. The minimum absolute atomic E-state index is 0.0587. The lowest BCUT2D eigenvalue weighted by molar-refractivity contribution is 0.797. The van der Waals surface area contributed by atoms with Gasteiger partial charge in [-0.3, -0.25) is 0 Å². The second-order valence-corrected chi connectivity index (χ2v) is 3.60. The van der Waals surface area contributed by atoms with Crippen LogP contribution >= 0.6 is 0 Å². The Hall–Kier alpha value is -1.12. The third kappa shape index (κ3) is 4.21. The molecule has 2 nitrogen and oxygen atoms in total. The van der Waals surface area contributed by atoms with Crippen LogP contribution in [0.1, 0.15) is 12.5 Å². The smallest absolute Gasteiger partial charge is 0.0265 e. The van der Waals surface area contributed by atoms with Gasteiger partial charge in [-0.1, -0.05) is 42.5 Å². The van der Waals surface area contributed by atoms with Gasteiger partial charge in [-0.05, 0) is 18.9 Å². The van der Waals surface area contributed by atoms with Gasteiger partial charge >= 0.3 is 0 Å². The first-order valence-electron chi connectivity index (χ1n) is 4.92. The molecule has 2 atom stereocenters. The highest BCUT2D eigenvalue weighted by molar-refractivity contribution is 5.17. The summed E-state index contributed by atoms with van der Waals surface area (Å²) in [5, 5.41) is 0. The van der Waals surface area contributed by atoms with Crippen LogP contribution in [-0.4, -0.2) is 12.1 Å². The Balaban J connectivity index is 2.45. The van der Waals surface area contributed by atoms with Gasteiger partial charge in [-0.25, -0.2) is 0 Å². The zero-order valence-corrected chi connectivity index (χ0v) is 8.56. The predicted octanol–water partition coefficient (Wildman–Crippen LogP) is 1.46. The summed E-state index contributed by atoms with van der Waals surface area (Å²) in [7, 11) is 0. The molecule has 1 aromatic carbocycles. The van der Waals surface area contributed by atoms with E-state index in [2.05, 4.69) is 12.1 Å². The molecule has 0 heterocycles. The lowest BCUT2D eigenvalue weighted by Gasteiger charge is -2.06. The zero-order valence-electron chi connectivity index (χ0n) is 8.56. The molecule has 0 spiro atoms. The maximum atomic E-state index is 5.91. The van der Waals surface area contributed by atoms with E-state index in [1.165, 1.54) is 5.56 Å². The molecule has 0 aliphatic heterocycles. The zero-order chi connectivity index (χ0) is 10.4. The highest BCUT2D eigenvalue weighted by atomic mass is 14.6. The molecule has 1 aromatic rings. The lowest BCUT2D eigenvalue weighted by Crippen LogP contribution is -2.21. The molecule has 0 bridgehead atoms. The molecule has 0 amide bonds. The normalized spacial score (nSPS) is 15.6. The minimum Gasteiger partial charge on any atom is -0.325 e. The van der Waals surface area contributed by atoms with Crippen molar-refractivity contribution < 1.29 is 0 Å². The average Bonchev–Trinajstić information content (AvgIpc) is 2.16. The van der Waals surface area contributed by atoms with Crippen LogP contribution in [0.15, 0.2) is 42.5 Å². The topological polar surface area (TPSA) is 52.0 Å². The Bertz CT molecular complexity index is 278. The summed E-state index contributed by atoms with van der Waals surface area (Å²) < 4.78 is 0. The van der Waals surface area contributed by atoms with Gasteiger partial charge in [0.05, 0.1) is 0 Å². The van der Waals surface area contributed by atoms with E-state index in [-0.39, 0.29) is 12.1 Å². The summed E-state index contributed by atoms with van der Waals surface area (Å²) in [6.07, 6.45) is 4.77. The largest absolute Gasteiger partial charge is 0.325 e. The van der Waals surface area contributed by atoms with Crippen molar-refractivity contribution in [2.75, 3.05) is 0 Å². The monoisotopic (exact) mass is 190 g/mol. The van der Waals surface area contributed by atoms with E-state index in [9.17, 15) is 0 Å². The van der Waals surface area contributed by atoms with Crippen molar-refractivity contribution in [2.24, 2.45) is 11.5 Å². The van der Waals surface area contributed by atoms with E-state index >= 15 is 0 Å². The van der Waals surface area contributed by atoms with Gasteiger partial charge in [0.15, 0.2) is 0 Å². The number of hydrogen-bond donors (Lipinski definition) is 2. The Morgan fingerprint density at radius 2 is 1.79 bits per heavy atom. The molecular weight excluding hydrogens is 172 g/mol. The molecular formula is C12H18N2. The van der Waals surface area contributed by atoms with Crippen LogP contribution in [0, 0.1) is 0 Å². The molecule has 14 heavy (non-hydrogen) atoms. The first kappa shape index (κ1) is 11.0. The van der Waals surface area contributed by atoms with E-state index in [0.29, 0.717) is 0 Å². The van der Waals surface area contributed by atoms with Gasteiger partial charge in [0.2, 0.25) is 0 Å². The van der Waals surface area contributed by atoms with Crippen LogP contribution in [0.3, 0.4) is 0 Å². The molecule has 1 rings (SSSR count). The number of rotatable bonds is 4. The van der Waals surface area contributed by atoms with E-state index in [4.69, 9.17) is 11.5 Å². The first-order chi connectivity index (χ1) is 6.68. The summed E-state index contributed by atoms with van der Waals surface area (Å²) in [6.45, 7) is 1.94. The average molecular weight is 190 g/mol. The predicted molar refractivity (Wildman–Crippen MR) is 60.9 cm³/mol. The highest BCUT2D eigenvalue weighted by Crippen LogP contribution is 2.02. The Morgan fingerprint density at radius 1 is 1.14 bits per heavy atom. The van der Waals surface area contributed by atoms with Crippen molar-refractivity contribution in [3.05, 3.63) is 48.0 Å².